The second kappa shape index (κ2) is 11.0. The summed E-state index contributed by atoms with van der Waals surface area (Å²) in [5.74, 6) is 3.99. The molecule has 260 valence electrons. The molecule has 2 aromatic rings. The van der Waals surface area contributed by atoms with Crippen LogP contribution < -0.4 is 0 Å². The number of fused-ring (bicyclic) bond motifs is 7. The van der Waals surface area contributed by atoms with Gasteiger partial charge in [0.15, 0.2) is 0 Å². The SMILES string of the molecule is C=C(C)[C@@H]1CCC2(C(=O)N3CCC[C@@H]3c3nc(-c4ccccc4)no3)CC[C@]3(C)C(CC[C@@H]4[C@@]5(C)CC[C@H](O)C(C)(C)[C@@H]5CC[C@]43C)[C@@H]12. The summed E-state index contributed by atoms with van der Waals surface area (Å²) in [5, 5.41) is 15.5. The topological polar surface area (TPSA) is 79.5 Å². The fourth-order valence-corrected chi connectivity index (χ4v) is 14.1. The molecule has 2 heterocycles. The van der Waals surface area contributed by atoms with Crippen molar-refractivity contribution in [2.45, 2.75) is 131 Å². The second-order valence-corrected chi connectivity index (χ2v) is 18.7. The average molecular weight is 654 g/mol. The van der Waals surface area contributed by atoms with Crippen LogP contribution >= 0.6 is 0 Å². The largest absolute Gasteiger partial charge is 0.393 e. The van der Waals surface area contributed by atoms with Gasteiger partial charge in [-0.3, -0.25) is 4.79 Å². The molecule has 6 fully saturated rings. The van der Waals surface area contributed by atoms with Crippen LogP contribution in [-0.4, -0.2) is 38.7 Å². The number of nitrogens with zero attached hydrogens (tertiary/aromatic N) is 3. The highest BCUT2D eigenvalue weighted by Crippen LogP contribution is 2.77. The van der Waals surface area contributed by atoms with Crippen LogP contribution in [-0.2, 0) is 4.79 Å². The highest BCUT2D eigenvalue weighted by atomic mass is 16.5. The third kappa shape index (κ3) is 4.29. The molecule has 0 spiro atoms. The van der Waals surface area contributed by atoms with Crippen LogP contribution in [0.25, 0.3) is 11.4 Å². The van der Waals surface area contributed by atoms with Gasteiger partial charge in [0.1, 0.15) is 6.04 Å². The van der Waals surface area contributed by atoms with Crippen LogP contribution in [0.3, 0.4) is 0 Å². The van der Waals surface area contributed by atoms with E-state index in [9.17, 15) is 5.11 Å². The van der Waals surface area contributed by atoms with Gasteiger partial charge < -0.3 is 14.5 Å². The van der Waals surface area contributed by atoms with E-state index >= 15 is 4.79 Å². The quantitative estimate of drug-likeness (QED) is 0.333. The Labute approximate surface area is 288 Å². The molecule has 48 heavy (non-hydrogen) atoms. The Morgan fingerprint density at radius 2 is 1.67 bits per heavy atom. The van der Waals surface area contributed by atoms with Crippen molar-refractivity contribution in [2.75, 3.05) is 6.54 Å². The number of carbonyl (C=O) groups is 1. The van der Waals surface area contributed by atoms with Crippen LogP contribution in [0.4, 0.5) is 0 Å². The van der Waals surface area contributed by atoms with Crippen molar-refractivity contribution in [1.82, 2.24) is 15.0 Å². The second-order valence-electron chi connectivity index (χ2n) is 18.7. The predicted octanol–water partition coefficient (Wildman–Crippen LogP) is 9.42. The van der Waals surface area contributed by atoms with Crippen molar-refractivity contribution in [3.05, 3.63) is 48.4 Å². The molecule has 6 nitrogen and oxygen atoms in total. The molecule has 1 aromatic carbocycles. The van der Waals surface area contributed by atoms with E-state index in [2.05, 4.69) is 58.2 Å². The normalized spacial score (nSPS) is 44.7. The number of amides is 1. The van der Waals surface area contributed by atoms with E-state index in [0.717, 1.165) is 63.5 Å². The number of aliphatic hydroxyl groups is 1. The molecule has 0 radical (unpaired) electrons. The van der Waals surface area contributed by atoms with Crippen molar-refractivity contribution in [2.24, 2.45) is 56.7 Å². The van der Waals surface area contributed by atoms with Gasteiger partial charge in [0, 0.05) is 12.1 Å². The van der Waals surface area contributed by atoms with Crippen molar-refractivity contribution >= 4 is 5.91 Å². The molecule has 8 rings (SSSR count). The maximum atomic E-state index is 15.3. The number of aliphatic hydroxyl groups excluding tert-OH is 1. The summed E-state index contributed by atoms with van der Waals surface area (Å²) in [6, 6.07) is 9.84. The standard InChI is InChI=1S/C42H59N3O3/c1-26(2)28-17-22-42(37(47)45-25-11-14-30(45)36-43-35(44-48-36)27-12-9-8-10-13-27)24-23-40(6)29(34(28)42)15-16-32-39(5)20-19-33(46)38(3,4)31(39)18-21-41(32,40)7/h8-10,12-13,28-34,46H,1,11,14-25H2,2-7H3/t28-,29?,30+,31-,32+,33-,34+,39-,40+,41+,42?/m0/s1. The van der Waals surface area contributed by atoms with Gasteiger partial charge in [-0.25, -0.2) is 0 Å². The van der Waals surface area contributed by atoms with Crippen LogP contribution in [0.15, 0.2) is 47.0 Å². The smallest absolute Gasteiger partial charge is 0.249 e. The minimum absolute atomic E-state index is 0.0385. The molecule has 2 unspecified atom stereocenters. The van der Waals surface area contributed by atoms with Crippen molar-refractivity contribution in [3.63, 3.8) is 0 Å². The van der Waals surface area contributed by atoms with Gasteiger partial charge in [0.05, 0.1) is 11.5 Å². The van der Waals surface area contributed by atoms with Crippen LogP contribution in [0.2, 0.25) is 0 Å². The molecule has 5 saturated carbocycles. The fraction of sp³-hybridized carbons (Fsp3) is 0.738. The summed E-state index contributed by atoms with van der Waals surface area (Å²) in [4.78, 5) is 22.3. The molecule has 11 atom stereocenters. The van der Waals surface area contributed by atoms with Gasteiger partial charge in [0.2, 0.25) is 17.6 Å². The third-order valence-electron chi connectivity index (χ3n) is 16.7. The Balaban J connectivity index is 1.12. The van der Waals surface area contributed by atoms with E-state index in [1.807, 2.05) is 30.3 Å². The minimum Gasteiger partial charge on any atom is -0.393 e. The lowest BCUT2D eigenvalue weighted by atomic mass is 9.32. The Kier molecular flexibility index (Phi) is 7.51. The first-order chi connectivity index (χ1) is 22.8. The maximum Gasteiger partial charge on any atom is 0.249 e. The van der Waals surface area contributed by atoms with Crippen LogP contribution in [0.1, 0.15) is 131 Å². The number of rotatable bonds is 4. The van der Waals surface area contributed by atoms with Crippen molar-refractivity contribution in [1.29, 1.82) is 0 Å². The number of hydrogen-bond acceptors (Lipinski definition) is 5. The number of carbonyl (C=O) groups excluding carboxylic acids is 1. The van der Waals surface area contributed by atoms with Gasteiger partial charge in [-0.05, 0) is 135 Å². The number of allylic oxidation sites excluding steroid dienone is 1. The highest BCUT2D eigenvalue weighted by molar-refractivity contribution is 5.84. The van der Waals surface area contributed by atoms with Gasteiger partial charge >= 0.3 is 0 Å². The summed E-state index contributed by atoms with van der Waals surface area (Å²) < 4.78 is 5.90. The summed E-state index contributed by atoms with van der Waals surface area (Å²) in [7, 11) is 0. The number of hydrogen-bond donors (Lipinski definition) is 1. The summed E-state index contributed by atoms with van der Waals surface area (Å²) in [6.07, 6.45) is 12.7. The zero-order chi connectivity index (χ0) is 33.9. The fourth-order valence-electron chi connectivity index (χ4n) is 14.1. The summed E-state index contributed by atoms with van der Waals surface area (Å²) in [6.45, 7) is 20.2. The Morgan fingerprint density at radius 1 is 0.896 bits per heavy atom. The van der Waals surface area contributed by atoms with Gasteiger partial charge in [0.25, 0.3) is 0 Å². The zero-order valence-corrected chi connectivity index (χ0v) is 30.4. The molecular formula is C42H59N3O3. The van der Waals surface area contributed by atoms with Gasteiger partial charge in [-0.2, -0.15) is 4.98 Å². The molecular weight excluding hydrogens is 594 g/mol. The van der Waals surface area contributed by atoms with E-state index in [1.165, 1.54) is 31.3 Å². The number of aromatic nitrogens is 2. The molecule has 1 aliphatic heterocycles. The Hall–Kier alpha value is -2.47. The van der Waals surface area contributed by atoms with Crippen LogP contribution in [0, 0.1) is 56.7 Å². The molecule has 1 saturated heterocycles. The summed E-state index contributed by atoms with van der Waals surface area (Å²) in [5.41, 5.74) is 2.48. The first-order valence-corrected chi connectivity index (χ1v) is 19.3. The maximum absolute atomic E-state index is 15.3. The lowest BCUT2D eigenvalue weighted by Gasteiger charge is -2.73. The van der Waals surface area contributed by atoms with E-state index in [4.69, 9.17) is 9.51 Å². The third-order valence-corrected chi connectivity index (χ3v) is 16.7. The zero-order valence-electron chi connectivity index (χ0n) is 30.4. The van der Waals surface area contributed by atoms with Gasteiger partial charge in [-0.1, -0.05) is 82.3 Å². The lowest BCUT2D eigenvalue weighted by molar-refractivity contribution is -0.247. The van der Waals surface area contributed by atoms with Crippen molar-refractivity contribution < 1.29 is 14.4 Å². The molecule has 1 aromatic heterocycles. The monoisotopic (exact) mass is 653 g/mol. The van der Waals surface area contributed by atoms with E-state index in [0.29, 0.717) is 47.2 Å². The predicted molar refractivity (Wildman–Crippen MR) is 188 cm³/mol. The number of benzene rings is 1. The lowest BCUT2D eigenvalue weighted by Crippen LogP contribution is -2.67. The first kappa shape index (κ1) is 32.7. The van der Waals surface area contributed by atoms with E-state index < -0.39 is 0 Å². The molecule has 1 amide bonds. The average Bonchev–Trinajstić information content (AvgIpc) is 3.82. The summed E-state index contributed by atoms with van der Waals surface area (Å²) >= 11 is 0. The molecule has 0 bridgehead atoms. The van der Waals surface area contributed by atoms with Crippen LogP contribution in [0.5, 0.6) is 0 Å². The molecule has 5 aliphatic carbocycles. The van der Waals surface area contributed by atoms with E-state index in [-0.39, 0.29) is 39.2 Å². The highest BCUT2D eigenvalue weighted by Gasteiger charge is 2.72. The van der Waals surface area contributed by atoms with Gasteiger partial charge in [-0.15, -0.1) is 0 Å². The first-order valence-electron chi connectivity index (χ1n) is 19.3. The number of likely N-dealkylation sites (tertiary alicyclic amines) is 1. The Bertz CT molecular complexity index is 1580. The van der Waals surface area contributed by atoms with E-state index in [1.54, 1.807) is 0 Å². The van der Waals surface area contributed by atoms with Crippen molar-refractivity contribution in [3.8, 4) is 11.4 Å². The minimum atomic E-state index is -0.347. The molecule has 6 heteroatoms. The molecule has 6 aliphatic rings. The Morgan fingerprint density at radius 3 is 2.42 bits per heavy atom. The molecule has 1 N–H and O–H groups in total.